The van der Waals surface area contributed by atoms with Gasteiger partial charge in [0.1, 0.15) is 11.9 Å². The van der Waals surface area contributed by atoms with Crippen molar-refractivity contribution in [3.63, 3.8) is 0 Å². The third-order valence-electron chi connectivity index (χ3n) is 6.05. The van der Waals surface area contributed by atoms with E-state index < -0.39 is 24.0 Å². The molecule has 0 saturated carbocycles. The lowest BCUT2D eigenvalue weighted by Gasteiger charge is -2.18. The highest BCUT2D eigenvalue weighted by atomic mass is 19.4. The molecule has 2 rings (SSSR count). The van der Waals surface area contributed by atoms with Crippen LogP contribution in [0, 0.1) is 0 Å². The second kappa shape index (κ2) is 13.7. The van der Waals surface area contributed by atoms with Crippen LogP contribution >= 0.6 is 0 Å². The van der Waals surface area contributed by atoms with E-state index in [-0.39, 0.29) is 31.2 Å². The average Bonchev–Trinajstić information content (AvgIpc) is 3.24. The summed E-state index contributed by atoms with van der Waals surface area (Å²) in [6.45, 7) is 6.31. The van der Waals surface area contributed by atoms with Gasteiger partial charge in [0.25, 0.3) is 0 Å². The van der Waals surface area contributed by atoms with Crippen LogP contribution in [0.25, 0.3) is 5.70 Å². The number of hydrogen-bond donors (Lipinski definition) is 1. The second-order valence-electron chi connectivity index (χ2n) is 8.76. The quantitative estimate of drug-likeness (QED) is 0.146. The normalized spacial score (nSPS) is 19.8. The molecule has 0 aliphatic carbocycles. The highest BCUT2D eigenvalue weighted by molar-refractivity contribution is 5.88. The topological polar surface area (TPSA) is 42.9 Å². The largest absolute Gasteiger partial charge is 0.493 e. The monoisotopic (exact) mass is 486 g/mol. The third-order valence-corrected chi connectivity index (χ3v) is 6.05. The Morgan fingerprint density at radius 1 is 1.12 bits per heavy atom. The van der Waals surface area contributed by atoms with Crippen LogP contribution in [0.3, 0.4) is 0 Å². The van der Waals surface area contributed by atoms with E-state index in [0.717, 1.165) is 37.3 Å². The van der Waals surface area contributed by atoms with Crippen molar-refractivity contribution >= 4 is 11.6 Å². The first-order valence-electron chi connectivity index (χ1n) is 12.2. The van der Waals surface area contributed by atoms with E-state index in [9.17, 15) is 17.6 Å². The highest BCUT2D eigenvalue weighted by Crippen LogP contribution is 2.39. The number of ether oxygens (including phenoxy) is 2. The molecule has 1 heterocycles. The van der Waals surface area contributed by atoms with Crippen LogP contribution in [-0.2, 0) is 10.9 Å². The molecule has 0 aromatic heterocycles. The lowest BCUT2D eigenvalue weighted by molar-refractivity contribution is -0.139. The fraction of sp³-hybridized carbons (Fsp3) is 0.654. The zero-order chi connectivity index (χ0) is 25.1. The van der Waals surface area contributed by atoms with Crippen LogP contribution in [0.1, 0.15) is 83.3 Å². The Morgan fingerprint density at radius 3 is 2.41 bits per heavy atom. The summed E-state index contributed by atoms with van der Waals surface area (Å²) in [5.41, 5.74) is 0.701. The summed E-state index contributed by atoms with van der Waals surface area (Å²) in [6, 6.07) is 3.63. The van der Waals surface area contributed by atoms with Gasteiger partial charge >= 0.3 is 6.18 Å². The van der Waals surface area contributed by atoms with Gasteiger partial charge in [-0.3, -0.25) is 0 Å². The summed E-state index contributed by atoms with van der Waals surface area (Å²) in [5, 5.41) is 3.01. The number of nitrogens with zero attached hydrogens (tertiary/aromatic N) is 1. The molecule has 34 heavy (non-hydrogen) atoms. The fourth-order valence-corrected chi connectivity index (χ4v) is 3.92. The van der Waals surface area contributed by atoms with Gasteiger partial charge in [0, 0.05) is 18.5 Å². The van der Waals surface area contributed by atoms with E-state index in [0.29, 0.717) is 24.1 Å². The van der Waals surface area contributed by atoms with Crippen molar-refractivity contribution in [1.29, 1.82) is 0 Å². The molecule has 1 fully saturated rings. The van der Waals surface area contributed by atoms with Crippen molar-refractivity contribution in [3.8, 4) is 5.75 Å². The van der Waals surface area contributed by atoms with Gasteiger partial charge < -0.3 is 14.8 Å². The molecule has 1 aromatic carbocycles. The van der Waals surface area contributed by atoms with Crippen LogP contribution in [0.5, 0.6) is 5.75 Å². The van der Waals surface area contributed by atoms with Gasteiger partial charge in [-0.15, -0.1) is 0 Å². The number of methoxy groups -OCH3 is 1. The molecule has 192 valence electrons. The van der Waals surface area contributed by atoms with Gasteiger partial charge in [-0.2, -0.15) is 13.2 Å². The molecular formula is C26H38F4N2O2. The molecule has 4 nitrogen and oxygen atoms in total. The van der Waals surface area contributed by atoms with Gasteiger partial charge in [-0.25, -0.2) is 9.38 Å². The lowest BCUT2D eigenvalue weighted by Crippen LogP contribution is -2.32. The molecule has 1 saturated heterocycles. The van der Waals surface area contributed by atoms with E-state index in [1.54, 1.807) is 6.07 Å². The summed E-state index contributed by atoms with van der Waals surface area (Å²) in [6.07, 6.45) is 1.40. The van der Waals surface area contributed by atoms with Gasteiger partial charge in [0.2, 0.25) is 5.90 Å². The first-order chi connectivity index (χ1) is 16.2. The van der Waals surface area contributed by atoms with Crippen molar-refractivity contribution in [2.24, 2.45) is 4.99 Å². The van der Waals surface area contributed by atoms with E-state index >= 15 is 0 Å². The van der Waals surface area contributed by atoms with Gasteiger partial charge in [0.05, 0.1) is 31.0 Å². The van der Waals surface area contributed by atoms with Crippen LogP contribution in [-0.4, -0.2) is 38.4 Å². The van der Waals surface area contributed by atoms with Crippen molar-refractivity contribution in [2.45, 2.75) is 90.5 Å². The number of allylic oxidation sites excluding steroid dienone is 1. The van der Waals surface area contributed by atoms with Crippen LogP contribution in [0.2, 0.25) is 0 Å². The first kappa shape index (κ1) is 28.1. The first-order valence-corrected chi connectivity index (χ1v) is 12.2. The molecule has 2 unspecified atom stereocenters. The molecule has 8 heteroatoms. The minimum absolute atomic E-state index is 0.174. The molecule has 1 aliphatic heterocycles. The Balaban J connectivity index is 2.28. The molecule has 0 bridgehead atoms. The summed E-state index contributed by atoms with van der Waals surface area (Å²) >= 11 is 0. The minimum atomic E-state index is -4.57. The minimum Gasteiger partial charge on any atom is -0.493 e. The van der Waals surface area contributed by atoms with Crippen molar-refractivity contribution in [3.05, 3.63) is 34.9 Å². The van der Waals surface area contributed by atoms with E-state index in [1.165, 1.54) is 19.6 Å². The van der Waals surface area contributed by atoms with Gasteiger partial charge in [-0.1, -0.05) is 46.0 Å². The fourth-order valence-electron chi connectivity index (χ4n) is 3.92. The standard InChI is InChI=1S/C26H38F4N2O2/c1-5-7-8-9-10-11-14-34-23-13-12-19(15-21(23)26(28,29)30)24(18(3)6-2)32-25(33-4)22-16-20(27)17-31-22/h12-13,15,20,22,31H,5-11,14,16-17H2,1-4H3. The molecule has 1 N–H and O–H groups in total. The molecule has 0 amide bonds. The number of aliphatic imine (C=N–C) groups is 1. The SMILES string of the molecule is CCCCCCCCOc1ccc(C(N=C(OC)C2CC(F)CN2)=C(C)CC)cc1C(F)(F)F. The zero-order valence-electron chi connectivity index (χ0n) is 20.7. The van der Waals surface area contributed by atoms with Crippen LogP contribution < -0.4 is 10.1 Å². The number of hydrogen-bond acceptors (Lipinski definition) is 4. The van der Waals surface area contributed by atoms with E-state index in [2.05, 4.69) is 17.2 Å². The third kappa shape index (κ3) is 8.29. The number of halogens is 4. The Hall–Kier alpha value is -2.09. The second-order valence-corrected chi connectivity index (χ2v) is 8.76. The van der Waals surface area contributed by atoms with Crippen molar-refractivity contribution in [1.82, 2.24) is 5.32 Å². The molecule has 0 spiro atoms. The highest BCUT2D eigenvalue weighted by Gasteiger charge is 2.35. The number of nitrogens with one attached hydrogen (secondary N) is 1. The van der Waals surface area contributed by atoms with Crippen molar-refractivity contribution in [2.75, 3.05) is 20.3 Å². The Labute approximate surface area is 200 Å². The number of benzene rings is 1. The van der Waals surface area contributed by atoms with E-state index in [1.807, 2.05) is 13.8 Å². The number of rotatable bonds is 12. The van der Waals surface area contributed by atoms with Crippen molar-refractivity contribution < 1.29 is 27.0 Å². The summed E-state index contributed by atoms with van der Waals surface area (Å²) in [5.74, 6) is 0.0897. The number of unbranched alkanes of at least 4 members (excludes halogenated alkanes) is 5. The number of alkyl halides is 4. The molecular weight excluding hydrogens is 448 g/mol. The van der Waals surface area contributed by atoms with Crippen LogP contribution in [0.4, 0.5) is 17.6 Å². The predicted molar refractivity (Wildman–Crippen MR) is 129 cm³/mol. The Morgan fingerprint density at radius 2 is 1.82 bits per heavy atom. The predicted octanol–water partition coefficient (Wildman–Crippen LogP) is 7.33. The van der Waals surface area contributed by atoms with Gasteiger partial charge in [-0.05, 0) is 43.5 Å². The molecule has 1 aromatic rings. The maximum absolute atomic E-state index is 13.9. The zero-order valence-corrected chi connectivity index (χ0v) is 20.7. The van der Waals surface area contributed by atoms with Gasteiger partial charge in [0.15, 0.2) is 0 Å². The summed E-state index contributed by atoms with van der Waals surface area (Å²) in [4.78, 5) is 4.55. The average molecular weight is 487 g/mol. The maximum atomic E-state index is 13.9. The smallest absolute Gasteiger partial charge is 0.419 e. The molecule has 1 aliphatic rings. The summed E-state index contributed by atoms with van der Waals surface area (Å²) in [7, 11) is 1.44. The molecule has 2 atom stereocenters. The van der Waals surface area contributed by atoms with E-state index in [4.69, 9.17) is 9.47 Å². The Bertz CT molecular complexity index is 837. The lowest BCUT2D eigenvalue weighted by atomic mass is 10.0. The summed E-state index contributed by atoms with van der Waals surface area (Å²) < 4.78 is 66.3. The Kier molecular flexibility index (Phi) is 11.4. The maximum Gasteiger partial charge on any atom is 0.419 e. The molecule has 0 radical (unpaired) electrons. The van der Waals surface area contributed by atoms with Crippen LogP contribution in [0.15, 0.2) is 28.8 Å².